The van der Waals surface area contributed by atoms with Crippen molar-refractivity contribution in [2.45, 2.75) is 39.3 Å². The molecule has 2 aliphatic heterocycles. The van der Waals surface area contributed by atoms with Gasteiger partial charge in [0.2, 0.25) is 5.11 Å². The maximum absolute atomic E-state index is 11.6. The Morgan fingerprint density at radius 1 is 1.40 bits per heavy atom. The first-order chi connectivity index (χ1) is 6.89. The highest BCUT2D eigenvalue weighted by Gasteiger charge is 2.44. The van der Waals surface area contributed by atoms with Crippen molar-refractivity contribution in [2.24, 2.45) is 5.41 Å². The Morgan fingerprint density at radius 2 is 2.07 bits per heavy atom. The zero-order valence-corrected chi connectivity index (χ0v) is 9.94. The van der Waals surface area contributed by atoms with E-state index in [4.69, 9.17) is 12.2 Å². The predicted octanol–water partition coefficient (Wildman–Crippen LogP) is -0.101. The molecule has 2 atom stereocenters. The van der Waals surface area contributed by atoms with Crippen LogP contribution >= 0.6 is 12.2 Å². The molecule has 84 valence electrons. The third-order valence-electron chi connectivity index (χ3n) is 2.93. The highest BCUT2D eigenvalue weighted by atomic mass is 32.1. The zero-order chi connectivity index (χ0) is 11.2. The van der Waals surface area contributed by atoms with Crippen LogP contribution in [0.5, 0.6) is 0 Å². The summed E-state index contributed by atoms with van der Waals surface area (Å²) in [6, 6.07) is 0.0917. The van der Waals surface area contributed by atoms with Gasteiger partial charge in [0, 0.05) is 6.04 Å². The minimum atomic E-state index is -0.178. The molecule has 2 aliphatic rings. The fourth-order valence-electron chi connectivity index (χ4n) is 1.87. The SMILES string of the molecule is CC(C)(C)C1CC2C(=O)NNC(=S)N2N1. The number of nitrogens with one attached hydrogen (secondary N) is 3. The smallest absolute Gasteiger partial charge is 0.262 e. The van der Waals surface area contributed by atoms with Crippen LogP contribution in [0.15, 0.2) is 0 Å². The minimum Gasteiger partial charge on any atom is -0.273 e. The first-order valence-corrected chi connectivity index (χ1v) is 5.45. The molecule has 0 aliphatic carbocycles. The maximum Gasteiger partial charge on any atom is 0.262 e. The number of nitrogens with zero attached hydrogens (tertiary/aromatic N) is 1. The van der Waals surface area contributed by atoms with Gasteiger partial charge in [-0.1, -0.05) is 20.8 Å². The lowest BCUT2D eigenvalue weighted by Crippen LogP contribution is -2.64. The summed E-state index contributed by atoms with van der Waals surface area (Å²) in [6.07, 6.45) is 0.789. The van der Waals surface area contributed by atoms with Crippen LogP contribution in [-0.2, 0) is 4.79 Å². The van der Waals surface area contributed by atoms with Crippen LogP contribution in [0.3, 0.4) is 0 Å². The van der Waals surface area contributed by atoms with Crippen molar-refractivity contribution in [3.63, 3.8) is 0 Å². The van der Waals surface area contributed by atoms with Crippen LogP contribution in [0.25, 0.3) is 0 Å². The first-order valence-electron chi connectivity index (χ1n) is 5.05. The van der Waals surface area contributed by atoms with Crippen molar-refractivity contribution in [2.75, 3.05) is 0 Å². The summed E-state index contributed by atoms with van der Waals surface area (Å²) >= 11 is 5.11. The van der Waals surface area contributed by atoms with E-state index >= 15 is 0 Å². The van der Waals surface area contributed by atoms with Gasteiger partial charge >= 0.3 is 0 Å². The van der Waals surface area contributed by atoms with Gasteiger partial charge < -0.3 is 0 Å². The first kappa shape index (κ1) is 10.6. The number of hydrogen-bond acceptors (Lipinski definition) is 3. The summed E-state index contributed by atoms with van der Waals surface area (Å²) in [5.74, 6) is -0.0251. The molecule has 0 aromatic heterocycles. The second-order valence-corrected chi connectivity index (χ2v) is 5.48. The summed E-state index contributed by atoms with van der Waals surface area (Å²) in [4.78, 5) is 11.6. The molecule has 2 heterocycles. The number of fused-ring (bicyclic) bond motifs is 1. The molecular weight excluding hydrogens is 212 g/mol. The molecule has 0 bridgehead atoms. The normalized spacial score (nSPS) is 31.0. The second kappa shape index (κ2) is 3.31. The van der Waals surface area contributed by atoms with Gasteiger partial charge in [0.25, 0.3) is 5.91 Å². The second-order valence-electron chi connectivity index (χ2n) is 5.09. The molecule has 6 heteroatoms. The highest BCUT2D eigenvalue weighted by Crippen LogP contribution is 2.29. The molecule has 2 unspecified atom stereocenters. The lowest BCUT2D eigenvalue weighted by molar-refractivity contribution is -0.126. The Morgan fingerprint density at radius 3 is 2.60 bits per heavy atom. The van der Waals surface area contributed by atoms with E-state index in [0.717, 1.165) is 6.42 Å². The fourth-order valence-corrected chi connectivity index (χ4v) is 2.10. The third-order valence-corrected chi connectivity index (χ3v) is 3.22. The van der Waals surface area contributed by atoms with E-state index in [1.54, 1.807) is 5.01 Å². The molecule has 2 saturated heterocycles. The van der Waals surface area contributed by atoms with E-state index in [1.165, 1.54) is 0 Å². The zero-order valence-electron chi connectivity index (χ0n) is 9.13. The van der Waals surface area contributed by atoms with Crippen molar-refractivity contribution in [3.05, 3.63) is 0 Å². The Bertz CT molecular complexity index is 288. The standard InChI is InChI=1S/C9H16N4OS/c1-9(2,3)6-4-5-7(14)10-11-8(15)13(5)12-6/h5-6,12H,4H2,1-3H3,(H,10,14)(H,11,15). The fraction of sp³-hybridized carbons (Fsp3) is 0.778. The van der Waals surface area contributed by atoms with Gasteiger partial charge in [0.1, 0.15) is 6.04 Å². The van der Waals surface area contributed by atoms with Crippen molar-refractivity contribution in [1.29, 1.82) is 0 Å². The van der Waals surface area contributed by atoms with Gasteiger partial charge in [0.15, 0.2) is 0 Å². The third kappa shape index (κ3) is 1.79. The lowest BCUT2D eigenvalue weighted by atomic mass is 9.84. The van der Waals surface area contributed by atoms with E-state index in [2.05, 4.69) is 37.0 Å². The molecule has 1 amide bonds. The number of carbonyl (C=O) groups is 1. The Hall–Kier alpha value is -0.880. The molecule has 0 radical (unpaired) electrons. The highest BCUT2D eigenvalue weighted by molar-refractivity contribution is 7.80. The van der Waals surface area contributed by atoms with Crippen LogP contribution in [0.4, 0.5) is 0 Å². The summed E-state index contributed by atoms with van der Waals surface area (Å²) in [5, 5.41) is 2.29. The Balaban J connectivity index is 2.17. The molecule has 5 nitrogen and oxygen atoms in total. The molecule has 3 N–H and O–H groups in total. The predicted molar refractivity (Wildman–Crippen MR) is 60.5 cm³/mol. The Labute approximate surface area is 94.5 Å². The van der Waals surface area contributed by atoms with Crippen molar-refractivity contribution >= 4 is 23.2 Å². The summed E-state index contributed by atoms with van der Waals surface area (Å²) in [5.41, 5.74) is 8.63. The minimum absolute atomic E-state index is 0.0251. The quantitative estimate of drug-likeness (QED) is 0.506. The monoisotopic (exact) mass is 228 g/mol. The molecule has 0 aromatic rings. The van der Waals surface area contributed by atoms with Crippen molar-refractivity contribution in [3.8, 4) is 0 Å². The van der Waals surface area contributed by atoms with Gasteiger partial charge in [0.05, 0.1) is 0 Å². The van der Waals surface area contributed by atoms with Gasteiger partial charge in [-0.3, -0.25) is 20.7 Å². The molecule has 2 rings (SSSR count). The number of rotatable bonds is 0. The van der Waals surface area contributed by atoms with Crippen LogP contribution < -0.4 is 16.3 Å². The molecule has 2 fully saturated rings. The number of hydrazine groups is 2. The summed E-state index contributed by atoms with van der Waals surface area (Å²) in [6.45, 7) is 6.45. The largest absolute Gasteiger partial charge is 0.273 e. The van der Waals surface area contributed by atoms with Crippen LogP contribution in [-0.4, -0.2) is 28.1 Å². The summed E-state index contributed by atoms with van der Waals surface area (Å²) in [7, 11) is 0. The average Bonchev–Trinajstić information content (AvgIpc) is 2.56. The average molecular weight is 228 g/mol. The lowest BCUT2D eigenvalue weighted by Gasteiger charge is -2.32. The van der Waals surface area contributed by atoms with Crippen LogP contribution in [0.2, 0.25) is 0 Å². The van der Waals surface area contributed by atoms with Crippen molar-refractivity contribution in [1.82, 2.24) is 21.3 Å². The molecule has 0 spiro atoms. The van der Waals surface area contributed by atoms with E-state index in [-0.39, 0.29) is 23.4 Å². The van der Waals surface area contributed by atoms with E-state index in [1.807, 2.05) is 0 Å². The van der Waals surface area contributed by atoms with E-state index in [0.29, 0.717) is 5.11 Å². The van der Waals surface area contributed by atoms with Crippen LogP contribution in [0.1, 0.15) is 27.2 Å². The maximum atomic E-state index is 11.6. The molecule has 15 heavy (non-hydrogen) atoms. The molecule has 0 aromatic carbocycles. The Kier molecular flexibility index (Phi) is 2.35. The summed E-state index contributed by atoms with van der Waals surface area (Å²) < 4.78 is 0. The van der Waals surface area contributed by atoms with Gasteiger partial charge in [-0.05, 0) is 24.1 Å². The number of amides is 1. The van der Waals surface area contributed by atoms with Crippen LogP contribution in [0, 0.1) is 5.41 Å². The van der Waals surface area contributed by atoms with E-state index in [9.17, 15) is 4.79 Å². The number of hydrogen-bond donors (Lipinski definition) is 3. The van der Waals surface area contributed by atoms with Gasteiger partial charge in [-0.15, -0.1) is 0 Å². The van der Waals surface area contributed by atoms with Gasteiger partial charge in [-0.25, -0.2) is 5.43 Å². The molecule has 0 saturated carbocycles. The van der Waals surface area contributed by atoms with Crippen molar-refractivity contribution < 1.29 is 4.79 Å². The topological polar surface area (TPSA) is 56.4 Å². The number of thiocarbonyl (C=S) groups is 1. The molecular formula is C9H16N4OS. The van der Waals surface area contributed by atoms with E-state index < -0.39 is 0 Å². The number of carbonyl (C=O) groups excluding carboxylic acids is 1. The van der Waals surface area contributed by atoms with Gasteiger partial charge in [-0.2, -0.15) is 0 Å².